The van der Waals surface area contributed by atoms with Gasteiger partial charge in [0, 0.05) is 68.4 Å². The van der Waals surface area contributed by atoms with Crippen LogP contribution in [0.1, 0.15) is 61.5 Å². The summed E-state index contributed by atoms with van der Waals surface area (Å²) in [5, 5.41) is 20.7. The van der Waals surface area contributed by atoms with Crippen LogP contribution in [0, 0.1) is 11.7 Å². The molecule has 18 nitrogen and oxygen atoms in total. The van der Waals surface area contributed by atoms with E-state index in [0.29, 0.717) is 36.2 Å². The number of rotatable bonds is 19. The minimum atomic E-state index is -1.38. The number of amides is 5. The maximum Gasteiger partial charge on any atom is 0.410 e. The lowest BCUT2D eigenvalue weighted by atomic mass is 10.0. The summed E-state index contributed by atoms with van der Waals surface area (Å²) in [6, 6.07) is 16.5. The number of hydrogen-bond acceptors (Lipinski definition) is 11. The molecule has 1 saturated heterocycles. The van der Waals surface area contributed by atoms with Crippen molar-refractivity contribution >= 4 is 52.4 Å². The molecule has 1 aromatic heterocycles. The van der Waals surface area contributed by atoms with Gasteiger partial charge in [-0.3, -0.25) is 9.59 Å². The molecule has 0 radical (unpaired) electrons. The number of aromatic carboxylic acids is 1. The Morgan fingerprint density at radius 2 is 1.58 bits per heavy atom. The molecule has 2 heterocycles. The number of piperazine rings is 1. The number of urea groups is 1. The highest BCUT2D eigenvalue weighted by atomic mass is 19.1. The number of pyridine rings is 1. The van der Waals surface area contributed by atoms with Crippen LogP contribution in [0.2, 0.25) is 0 Å². The van der Waals surface area contributed by atoms with Gasteiger partial charge in [0.15, 0.2) is 0 Å². The Morgan fingerprint density at radius 1 is 0.906 bits per heavy atom. The average Bonchev–Trinajstić information content (AvgIpc) is 3.27. The lowest BCUT2D eigenvalue weighted by Gasteiger charge is -2.35. The third kappa shape index (κ3) is 13.3. The number of ether oxygens (including phenoxy) is 2. The van der Waals surface area contributed by atoms with Crippen LogP contribution in [-0.4, -0.2) is 89.5 Å². The number of halogens is 1. The van der Waals surface area contributed by atoms with Crippen LogP contribution in [0.15, 0.2) is 89.6 Å². The molecule has 2 atom stereocenters. The zero-order chi connectivity index (χ0) is 46.3. The fourth-order valence-corrected chi connectivity index (χ4v) is 7.10. The van der Waals surface area contributed by atoms with E-state index in [1.807, 2.05) is 44.2 Å². The number of carbonyl (C=O) groups excluding carboxylic acids is 4. The van der Waals surface area contributed by atoms with Crippen LogP contribution >= 0.6 is 0 Å². The van der Waals surface area contributed by atoms with E-state index in [2.05, 4.69) is 21.3 Å². The Hall–Kier alpha value is -7.31. The highest BCUT2D eigenvalue weighted by Crippen LogP contribution is 2.27. The van der Waals surface area contributed by atoms with Gasteiger partial charge in [-0.05, 0) is 67.5 Å². The molecule has 5 amide bonds. The molecule has 4 aromatic rings. The minimum Gasteiger partial charge on any atom is -0.477 e. The first-order valence-corrected chi connectivity index (χ1v) is 21.0. The van der Waals surface area contributed by atoms with Crippen molar-refractivity contribution in [2.24, 2.45) is 17.4 Å². The largest absolute Gasteiger partial charge is 0.477 e. The van der Waals surface area contributed by atoms with Crippen molar-refractivity contribution in [2.45, 2.75) is 71.9 Å². The second kappa shape index (κ2) is 22.7. The standard InChI is InChI=1S/C45H56FN9O9/c1-4-53-25-33(42(58)59)40(56)32-22-34(46)39(23-38(32)53)54-17-19-55(20-18-54)45(62)64-27-30-12-14-31(15-13-30)51-41(57)36(11-8-16-49-43(48)60)50-24-35(47)37(21-28(2)3)52-44(61)63-26-29-9-6-5-7-10-29/h5-7,9-10,12-15,22-25,28,36-37,50H,4,8,11,16-21,26-27,47H2,1-3H3,(H,51,57)(H,52,61)(H,58,59)(H3,48,49,60)/b35-24-/t36-,37-/m0/s1. The highest BCUT2D eigenvalue weighted by Gasteiger charge is 2.26. The fraction of sp³-hybridized carbons (Fsp3) is 0.378. The molecular formula is C45H56FN9O9. The molecule has 342 valence electrons. The van der Waals surface area contributed by atoms with Gasteiger partial charge in [-0.2, -0.15) is 0 Å². The van der Waals surface area contributed by atoms with Gasteiger partial charge >= 0.3 is 24.2 Å². The molecule has 9 N–H and O–H groups in total. The normalized spacial score (nSPS) is 13.8. The van der Waals surface area contributed by atoms with Crippen molar-refractivity contribution in [3.63, 3.8) is 0 Å². The number of fused-ring (bicyclic) bond motifs is 1. The molecule has 0 unspecified atom stereocenters. The zero-order valence-electron chi connectivity index (χ0n) is 36.1. The van der Waals surface area contributed by atoms with Crippen molar-refractivity contribution in [3.8, 4) is 0 Å². The van der Waals surface area contributed by atoms with Gasteiger partial charge in [0.25, 0.3) is 0 Å². The van der Waals surface area contributed by atoms with Gasteiger partial charge in [0.05, 0.1) is 17.2 Å². The van der Waals surface area contributed by atoms with Crippen LogP contribution in [0.4, 0.5) is 30.1 Å². The van der Waals surface area contributed by atoms with Crippen LogP contribution < -0.4 is 43.1 Å². The summed E-state index contributed by atoms with van der Waals surface area (Å²) in [7, 11) is 0. The summed E-state index contributed by atoms with van der Waals surface area (Å²) in [5.41, 5.74) is 13.4. The number of benzene rings is 3. The third-order valence-electron chi connectivity index (χ3n) is 10.5. The second-order valence-corrected chi connectivity index (χ2v) is 15.7. The lowest BCUT2D eigenvalue weighted by molar-refractivity contribution is -0.118. The molecule has 5 rings (SSSR count). The van der Waals surface area contributed by atoms with E-state index in [9.17, 15) is 33.9 Å². The van der Waals surface area contributed by atoms with Crippen molar-refractivity contribution in [1.82, 2.24) is 25.4 Å². The van der Waals surface area contributed by atoms with Crippen molar-refractivity contribution in [2.75, 3.05) is 42.9 Å². The molecule has 1 aliphatic heterocycles. The molecule has 0 saturated carbocycles. The maximum atomic E-state index is 15.4. The number of anilines is 2. The summed E-state index contributed by atoms with van der Waals surface area (Å²) >= 11 is 0. The number of carbonyl (C=O) groups is 5. The molecule has 0 spiro atoms. The highest BCUT2D eigenvalue weighted by molar-refractivity contribution is 5.95. The van der Waals surface area contributed by atoms with Crippen LogP contribution in [0.25, 0.3) is 10.9 Å². The van der Waals surface area contributed by atoms with Crippen LogP contribution in [-0.2, 0) is 34.0 Å². The molecule has 3 aromatic carbocycles. The van der Waals surface area contributed by atoms with Crippen molar-refractivity contribution in [3.05, 3.63) is 118 Å². The Labute approximate surface area is 369 Å². The van der Waals surface area contributed by atoms with E-state index in [1.165, 1.54) is 23.4 Å². The Morgan fingerprint density at radius 3 is 2.22 bits per heavy atom. The number of nitrogens with zero attached hydrogens (tertiary/aromatic N) is 3. The number of alkyl carbamates (subject to hydrolysis) is 1. The number of nitrogens with one attached hydrogen (secondary N) is 4. The van der Waals surface area contributed by atoms with E-state index in [4.69, 9.17) is 20.9 Å². The molecule has 0 bridgehead atoms. The van der Waals surface area contributed by atoms with E-state index >= 15 is 4.39 Å². The van der Waals surface area contributed by atoms with Gasteiger partial charge in [-0.25, -0.2) is 23.6 Å². The number of aryl methyl sites for hydroxylation is 1. The second-order valence-electron chi connectivity index (χ2n) is 15.7. The zero-order valence-corrected chi connectivity index (χ0v) is 36.1. The first kappa shape index (κ1) is 47.7. The minimum absolute atomic E-state index is 0.0244. The Kier molecular flexibility index (Phi) is 16.9. The quantitative estimate of drug-likeness (QED) is 0.0627. The van der Waals surface area contributed by atoms with E-state index in [-0.39, 0.29) is 75.0 Å². The van der Waals surface area contributed by atoms with E-state index < -0.39 is 59.0 Å². The van der Waals surface area contributed by atoms with Gasteiger partial charge < -0.3 is 61.7 Å². The fourth-order valence-electron chi connectivity index (χ4n) is 7.10. The summed E-state index contributed by atoms with van der Waals surface area (Å²) < 4.78 is 27.9. The first-order chi connectivity index (χ1) is 30.6. The number of primary amides is 1. The molecular weight excluding hydrogens is 830 g/mol. The average molecular weight is 886 g/mol. The van der Waals surface area contributed by atoms with Gasteiger partial charge in [0.1, 0.15) is 30.6 Å². The topological polar surface area (TPSA) is 253 Å². The van der Waals surface area contributed by atoms with Gasteiger partial charge in [-0.1, -0.05) is 56.3 Å². The molecule has 1 fully saturated rings. The third-order valence-corrected chi connectivity index (χ3v) is 10.5. The van der Waals surface area contributed by atoms with Crippen LogP contribution in [0.3, 0.4) is 0 Å². The number of carboxylic acid groups (broad SMARTS) is 1. The molecule has 1 aliphatic rings. The van der Waals surface area contributed by atoms with Gasteiger partial charge in [-0.15, -0.1) is 0 Å². The SMILES string of the molecule is CCn1cc(C(=O)O)c(=O)c2cc(F)c(N3CCN(C(=O)OCc4ccc(NC(=O)[C@H](CCCNC(N)=O)N/C=C(\N)[C@H](CC(C)C)NC(=O)OCc5ccccc5)cc4)CC3)cc21. The summed E-state index contributed by atoms with van der Waals surface area (Å²) in [6.45, 7) is 7.45. The monoisotopic (exact) mass is 885 g/mol. The maximum absolute atomic E-state index is 15.4. The van der Waals surface area contributed by atoms with E-state index in [0.717, 1.165) is 11.6 Å². The summed E-state index contributed by atoms with van der Waals surface area (Å²) in [4.78, 5) is 78.1. The van der Waals surface area contributed by atoms with Crippen LogP contribution in [0.5, 0.6) is 0 Å². The van der Waals surface area contributed by atoms with Crippen molar-refractivity contribution in [1.29, 1.82) is 0 Å². The number of carboxylic acids is 1. The predicted octanol–water partition coefficient (Wildman–Crippen LogP) is 4.80. The Balaban J connectivity index is 1.14. The molecule has 0 aliphatic carbocycles. The number of aromatic nitrogens is 1. The summed E-state index contributed by atoms with van der Waals surface area (Å²) in [5.74, 6) is -2.29. The number of nitrogens with two attached hydrogens (primary N) is 2. The summed E-state index contributed by atoms with van der Waals surface area (Å²) in [6.07, 6.45) is 2.74. The molecule has 19 heteroatoms. The Bertz CT molecular complexity index is 2370. The van der Waals surface area contributed by atoms with Crippen molar-refractivity contribution < 1.29 is 42.9 Å². The predicted molar refractivity (Wildman–Crippen MR) is 239 cm³/mol. The molecule has 64 heavy (non-hydrogen) atoms. The van der Waals surface area contributed by atoms with E-state index in [1.54, 1.807) is 40.7 Å². The number of hydrogen-bond donors (Lipinski definition) is 7. The first-order valence-electron chi connectivity index (χ1n) is 21.0. The van der Waals surface area contributed by atoms with Gasteiger partial charge in [0.2, 0.25) is 11.3 Å². The smallest absolute Gasteiger partial charge is 0.410 e. The lowest BCUT2D eigenvalue weighted by Crippen LogP contribution is -2.49.